The van der Waals surface area contributed by atoms with Crippen molar-refractivity contribution in [3.63, 3.8) is 0 Å². The van der Waals surface area contributed by atoms with Gasteiger partial charge in [0.25, 0.3) is 10.2 Å². The van der Waals surface area contributed by atoms with E-state index >= 15 is 0 Å². The summed E-state index contributed by atoms with van der Waals surface area (Å²) in [6, 6.07) is 5.76. The van der Waals surface area contributed by atoms with Gasteiger partial charge in [0, 0.05) is 45.0 Å². The molecule has 1 aromatic rings. The summed E-state index contributed by atoms with van der Waals surface area (Å²) < 4.78 is 28.0. The van der Waals surface area contributed by atoms with Gasteiger partial charge in [0.2, 0.25) is 11.8 Å². The summed E-state index contributed by atoms with van der Waals surface area (Å²) in [6.07, 6.45) is 0. The van der Waals surface area contributed by atoms with E-state index in [-0.39, 0.29) is 24.9 Å². The molecule has 1 aliphatic rings. The lowest BCUT2D eigenvalue weighted by Gasteiger charge is -2.35. The third kappa shape index (κ3) is 6.24. The maximum Gasteiger partial charge on any atom is 0.282 e. The number of rotatable bonds is 9. The fourth-order valence-electron chi connectivity index (χ4n) is 3.46. The Morgan fingerprint density at radius 2 is 1.57 bits per heavy atom. The fourth-order valence-corrected chi connectivity index (χ4v) is 5.07. The molecule has 0 radical (unpaired) electrons. The Hall–Kier alpha value is -2.01. The topological polar surface area (TPSA) is 102 Å². The lowest BCUT2D eigenvalue weighted by atomic mass is 10.1. The molecule has 0 saturated carbocycles. The molecule has 1 aromatic carbocycles. The average molecular weight is 440 g/mol. The standard InChI is InChI=1S/C20H33N5O4S/c1-5-24(6-2)30(28,29)25-12-10-23(11-13-25)15-19(27)21-14-18(26)22-20-16(3)8-7-9-17(20)4/h7-9H,5-6,10-15H2,1-4H3,(H,21,27)(H,22,26). The van der Waals surface area contributed by atoms with Crippen molar-refractivity contribution >= 4 is 27.7 Å². The third-order valence-electron chi connectivity index (χ3n) is 5.25. The van der Waals surface area contributed by atoms with Gasteiger partial charge < -0.3 is 10.6 Å². The van der Waals surface area contributed by atoms with Crippen molar-refractivity contribution in [2.24, 2.45) is 0 Å². The second-order valence-electron chi connectivity index (χ2n) is 7.36. The van der Waals surface area contributed by atoms with Crippen LogP contribution >= 0.6 is 0 Å². The largest absolute Gasteiger partial charge is 0.346 e. The number of piperazine rings is 1. The highest BCUT2D eigenvalue weighted by atomic mass is 32.2. The number of hydrogen-bond acceptors (Lipinski definition) is 5. The summed E-state index contributed by atoms with van der Waals surface area (Å²) in [7, 11) is -3.45. The predicted octanol–water partition coefficient (Wildman–Crippen LogP) is 0.562. The third-order valence-corrected chi connectivity index (χ3v) is 7.43. The quantitative estimate of drug-likeness (QED) is 0.586. The van der Waals surface area contributed by atoms with Crippen molar-refractivity contribution in [2.45, 2.75) is 27.7 Å². The SMILES string of the molecule is CCN(CC)S(=O)(=O)N1CCN(CC(=O)NCC(=O)Nc2c(C)cccc2C)CC1. The molecule has 2 rings (SSSR count). The normalized spacial score (nSPS) is 15.9. The molecular weight excluding hydrogens is 406 g/mol. The Balaban J connectivity index is 1.77. The van der Waals surface area contributed by atoms with E-state index in [0.29, 0.717) is 39.3 Å². The zero-order valence-corrected chi connectivity index (χ0v) is 19.1. The van der Waals surface area contributed by atoms with Gasteiger partial charge in [-0.25, -0.2) is 0 Å². The summed E-state index contributed by atoms with van der Waals surface area (Å²) in [6.45, 7) is 10.0. The number of anilines is 1. The molecule has 10 heteroatoms. The number of amides is 2. The number of nitrogens with one attached hydrogen (secondary N) is 2. The lowest BCUT2D eigenvalue weighted by Crippen LogP contribution is -2.54. The summed E-state index contributed by atoms with van der Waals surface area (Å²) in [5.41, 5.74) is 2.70. The summed E-state index contributed by atoms with van der Waals surface area (Å²) in [5.74, 6) is -0.539. The number of hydrogen-bond donors (Lipinski definition) is 2. The predicted molar refractivity (Wildman–Crippen MR) is 117 cm³/mol. The van der Waals surface area contributed by atoms with Crippen LogP contribution in [0, 0.1) is 13.8 Å². The van der Waals surface area contributed by atoms with Gasteiger partial charge in [-0.2, -0.15) is 17.0 Å². The highest BCUT2D eigenvalue weighted by molar-refractivity contribution is 7.86. The van der Waals surface area contributed by atoms with Crippen LogP contribution in [-0.2, 0) is 19.8 Å². The van der Waals surface area contributed by atoms with Crippen molar-refractivity contribution < 1.29 is 18.0 Å². The van der Waals surface area contributed by atoms with E-state index in [9.17, 15) is 18.0 Å². The Bertz CT molecular complexity index is 827. The van der Waals surface area contributed by atoms with Gasteiger partial charge in [0.05, 0.1) is 13.1 Å². The van der Waals surface area contributed by atoms with Crippen molar-refractivity contribution in [2.75, 3.05) is 57.7 Å². The minimum atomic E-state index is -3.45. The van der Waals surface area contributed by atoms with Gasteiger partial charge in [0.1, 0.15) is 0 Å². The second-order valence-corrected chi connectivity index (χ2v) is 9.29. The Labute approximate surface area is 179 Å². The molecule has 2 N–H and O–H groups in total. The van der Waals surface area contributed by atoms with Crippen LogP contribution in [-0.4, -0.2) is 86.1 Å². The summed E-state index contributed by atoms with van der Waals surface area (Å²) in [4.78, 5) is 26.3. The molecule has 0 aromatic heterocycles. The number of carbonyl (C=O) groups is 2. The average Bonchev–Trinajstić information content (AvgIpc) is 2.70. The zero-order valence-electron chi connectivity index (χ0n) is 18.3. The van der Waals surface area contributed by atoms with Gasteiger partial charge in [-0.1, -0.05) is 32.0 Å². The van der Waals surface area contributed by atoms with Crippen LogP contribution in [0.15, 0.2) is 18.2 Å². The smallest absolute Gasteiger partial charge is 0.282 e. The van der Waals surface area contributed by atoms with Gasteiger partial charge in [-0.05, 0) is 25.0 Å². The fraction of sp³-hybridized carbons (Fsp3) is 0.600. The maximum atomic E-state index is 12.6. The van der Waals surface area contributed by atoms with Crippen molar-refractivity contribution in [1.82, 2.24) is 18.8 Å². The van der Waals surface area contributed by atoms with E-state index in [1.165, 1.54) is 8.61 Å². The van der Waals surface area contributed by atoms with Crippen LogP contribution in [0.4, 0.5) is 5.69 Å². The molecule has 1 fully saturated rings. The minimum absolute atomic E-state index is 0.108. The molecule has 30 heavy (non-hydrogen) atoms. The highest BCUT2D eigenvalue weighted by Crippen LogP contribution is 2.19. The van der Waals surface area contributed by atoms with Gasteiger partial charge >= 0.3 is 0 Å². The number of benzene rings is 1. The minimum Gasteiger partial charge on any atom is -0.346 e. The van der Waals surface area contributed by atoms with Gasteiger partial charge in [0.15, 0.2) is 0 Å². The number of carbonyl (C=O) groups excluding carboxylic acids is 2. The molecule has 0 atom stereocenters. The van der Waals surface area contributed by atoms with E-state index in [0.717, 1.165) is 16.8 Å². The molecule has 2 amide bonds. The Morgan fingerprint density at radius 1 is 1.00 bits per heavy atom. The van der Waals surface area contributed by atoms with Crippen LogP contribution in [0.1, 0.15) is 25.0 Å². The molecule has 9 nitrogen and oxygen atoms in total. The number of nitrogens with zero attached hydrogens (tertiary/aromatic N) is 3. The first-order valence-corrected chi connectivity index (χ1v) is 11.7. The molecule has 0 bridgehead atoms. The highest BCUT2D eigenvalue weighted by Gasteiger charge is 2.31. The zero-order chi connectivity index (χ0) is 22.3. The van der Waals surface area contributed by atoms with Gasteiger partial charge in [-0.3, -0.25) is 14.5 Å². The monoisotopic (exact) mass is 439 g/mol. The molecule has 0 unspecified atom stereocenters. The van der Waals surface area contributed by atoms with Crippen LogP contribution < -0.4 is 10.6 Å². The van der Waals surface area contributed by atoms with E-state index < -0.39 is 10.2 Å². The van der Waals surface area contributed by atoms with Crippen LogP contribution in [0.5, 0.6) is 0 Å². The van der Waals surface area contributed by atoms with Crippen molar-refractivity contribution in [3.8, 4) is 0 Å². The van der Waals surface area contributed by atoms with Crippen LogP contribution in [0.2, 0.25) is 0 Å². The lowest BCUT2D eigenvalue weighted by molar-refractivity contribution is -0.125. The van der Waals surface area contributed by atoms with Crippen LogP contribution in [0.3, 0.4) is 0 Å². The van der Waals surface area contributed by atoms with Crippen LogP contribution in [0.25, 0.3) is 0 Å². The molecule has 1 saturated heterocycles. The van der Waals surface area contributed by atoms with E-state index in [1.807, 2.05) is 50.8 Å². The summed E-state index contributed by atoms with van der Waals surface area (Å²) in [5, 5.41) is 5.47. The maximum absolute atomic E-state index is 12.6. The second kappa shape index (κ2) is 10.9. The molecule has 0 spiro atoms. The number of aryl methyl sites for hydroxylation is 2. The molecule has 1 heterocycles. The van der Waals surface area contributed by atoms with Crippen molar-refractivity contribution in [3.05, 3.63) is 29.3 Å². The van der Waals surface area contributed by atoms with Gasteiger partial charge in [-0.15, -0.1) is 0 Å². The Kier molecular flexibility index (Phi) is 8.78. The van der Waals surface area contributed by atoms with E-state index in [4.69, 9.17) is 0 Å². The first kappa shape index (κ1) is 24.3. The Morgan fingerprint density at radius 3 is 2.10 bits per heavy atom. The number of para-hydroxylation sites is 1. The first-order chi connectivity index (χ1) is 14.2. The van der Waals surface area contributed by atoms with E-state index in [2.05, 4.69) is 10.6 Å². The molecular formula is C20H33N5O4S. The molecule has 168 valence electrons. The van der Waals surface area contributed by atoms with E-state index in [1.54, 1.807) is 0 Å². The summed E-state index contributed by atoms with van der Waals surface area (Å²) >= 11 is 0. The molecule has 0 aliphatic carbocycles. The van der Waals surface area contributed by atoms with Crippen molar-refractivity contribution in [1.29, 1.82) is 0 Å². The molecule has 1 aliphatic heterocycles. The first-order valence-electron chi connectivity index (χ1n) is 10.3.